The summed E-state index contributed by atoms with van der Waals surface area (Å²) in [6.45, 7) is 2.99. The summed E-state index contributed by atoms with van der Waals surface area (Å²) in [5, 5.41) is 9.94. The molecule has 0 amide bonds. The maximum Gasteiger partial charge on any atom is 0.185 e. The largest absolute Gasteiger partial charge is 0.391 e. The van der Waals surface area contributed by atoms with Crippen LogP contribution in [-0.4, -0.2) is 35.9 Å². The molecule has 0 spiro atoms. The van der Waals surface area contributed by atoms with Gasteiger partial charge in [0, 0.05) is 19.9 Å². The number of hydrogen-bond acceptors (Lipinski definition) is 5. The second-order valence-corrected chi connectivity index (χ2v) is 4.90. The standard InChI is InChI=1S/C10H16N2O2S/c1-7-9(3-4-14-7)12(2)10-11-5-8(6-13)15-10/h5,7,9,13H,3-4,6H2,1-2H3. The summed E-state index contributed by atoms with van der Waals surface area (Å²) in [6.07, 6.45) is 3.04. The van der Waals surface area contributed by atoms with Gasteiger partial charge in [0.05, 0.1) is 23.6 Å². The number of thiazole rings is 1. The van der Waals surface area contributed by atoms with Crippen molar-refractivity contribution in [2.75, 3.05) is 18.6 Å². The molecule has 4 nitrogen and oxygen atoms in total. The van der Waals surface area contributed by atoms with Gasteiger partial charge >= 0.3 is 0 Å². The van der Waals surface area contributed by atoms with Crippen LogP contribution in [0.4, 0.5) is 5.13 Å². The highest BCUT2D eigenvalue weighted by Gasteiger charge is 2.29. The van der Waals surface area contributed by atoms with Gasteiger partial charge in [-0.15, -0.1) is 0 Å². The monoisotopic (exact) mass is 228 g/mol. The molecule has 1 aliphatic heterocycles. The van der Waals surface area contributed by atoms with Crippen molar-refractivity contribution in [2.45, 2.75) is 32.1 Å². The summed E-state index contributed by atoms with van der Waals surface area (Å²) >= 11 is 1.54. The molecule has 1 aromatic rings. The Balaban J connectivity index is 2.09. The van der Waals surface area contributed by atoms with Gasteiger partial charge in [-0.2, -0.15) is 0 Å². The van der Waals surface area contributed by atoms with E-state index in [4.69, 9.17) is 9.84 Å². The van der Waals surface area contributed by atoms with Gasteiger partial charge in [0.1, 0.15) is 0 Å². The van der Waals surface area contributed by atoms with E-state index >= 15 is 0 Å². The minimum absolute atomic E-state index is 0.0717. The van der Waals surface area contributed by atoms with Gasteiger partial charge in [-0.3, -0.25) is 0 Å². The fourth-order valence-electron chi connectivity index (χ4n) is 1.90. The van der Waals surface area contributed by atoms with E-state index in [0.717, 1.165) is 23.0 Å². The first-order valence-corrected chi connectivity index (χ1v) is 5.94. The van der Waals surface area contributed by atoms with E-state index in [1.165, 1.54) is 11.3 Å². The fraction of sp³-hybridized carbons (Fsp3) is 0.700. The van der Waals surface area contributed by atoms with Crippen LogP contribution in [0.2, 0.25) is 0 Å². The van der Waals surface area contributed by atoms with Crippen LogP contribution in [0.1, 0.15) is 18.2 Å². The molecule has 1 fully saturated rings. The fourth-order valence-corrected chi connectivity index (χ4v) is 2.69. The summed E-state index contributed by atoms with van der Waals surface area (Å²) in [4.78, 5) is 7.36. The molecule has 0 saturated carbocycles. The molecule has 2 heterocycles. The normalized spacial score (nSPS) is 25.8. The first kappa shape index (κ1) is 10.9. The van der Waals surface area contributed by atoms with Gasteiger partial charge in [-0.05, 0) is 13.3 Å². The van der Waals surface area contributed by atoms with Crippen molar-refractivity contribution in [1.29, 1.82) is 0 Å². The van der Waals surface area contributed by atoms with Crippen LogP contribution in [-0.2, 0) is 11.3 Å². The zero-order valence-electron chi connectivity index (χ0n) is 9.01. The van der Waals surface area contributed by atoms with Gasteiger partial charge in [0.15, 0.2) is 5.13 Å². The van der Waals surface area contributed by atoms with Gasteiger partial charge in [-0.25, -0.2) is 4.98 Å². The third-order valence-corrected chi connectivity index (χ3v) is 3.91. The maximum absolute atomic E-state index is 8.98. The lowest BCUT2D eigenvalue weighted by molar-refractivity contribution is 0.118. The van der Waals surface area contributed by atoms with Crippen molar-refractivity contribution in [3.63, 3.8) is 0 Å². The van der Waals surface area contributed by atoms with Crippen molar-refractivity contribution in [1.82, 2.24) is 4.98 Å². The van der Waals surface area contributed by atoms with Crippen LogP contribution in [0.3, 0.4) is 0 Å². The molecule has 84 valence electrons. The van der Waals surface area contributed by atoms with E-state index in [-0.39, 0.29) is 12.7 Å². The third-order valence-electron chi connectivity index (χ3n) is 2.83. The van der Waals surface area contributed by atoms with E-state index in [0.29, 0.717) is 6.04 Å². The number of aromatic nitrogens is 1. The molecule has 2 rings (SSSR count). The van der Waals surface area contributed by atoms with Crippen molar-refractivity contribution >= 4 is 16.5 Å². The number of likely N-dealkylation sites (N-methyl/N-ethyl adjacent to an activating group) is 1. The van der Waals surface area contributed by atoms with Crippen molar-refractivity contribution in [3.8, 4) is 0 Å². The Labute approximate surface area is 93.5 Å². The molecule has 1 aromatic heterocycles. The minimum Gasteiger partial charge on any atom is -0.391 e. The van der Waals surface area contributed by atoms with Gasteiger partial charge < -0.3 is 14.7 Å². The summed E-state index contributed by atoms with van der Waals surface area (Å²) in [5.74, 6) is 0. The zero-order valence-corrected chi connectivity index (χ0v) is 9.83. The predicted molar refractivity (Wildman–Crippen MR) is 60.3 cm³/mol. The first-order chi connectivity index (χ1) is 7.22. The van der Waals surface area contributed by atoms with Gasteiger partial charge in [0.25, 0.3) is 0 Å². The molecule has 2 unspecified atom stereocenters. The van der Waals surface area contributed by atoms with Crippen LogP contribution in [0.15, 0.2) is 6.20 Å². The van der Waals surface area contributed by atoms with E-state index < -0.39 is 0 Å². The zero-order chi connectivity index (χ0) is 10.8. The number of hydrogen-bond donors (Lipinski definition) is 1. The Morgan fingerprint density at radius 2 is 2.53 bits per heavy atom. The van der Waals surface area contributed by atoms with Crippen LogP contribution < -0.4 is 4.90 Å². The topological polar surface area (TPSA) is 45.6 Å². The smallest absolute Gasteiger partial charge is 0.185 e. The number of anilines is 1. The second kappa shape index (κ2) is 4.47. The van der Waals surface area contributed by atoms with Gasteiger partial charge in [0.2, 0.25) is 0 Å². The van der Waals surface area contributed by atoms with E-state index in [2.05, 4.69) is 16.8 Å². The molecule has 0 radical (unpaired) electrons. The highest BCUT2D eigenvalue weighted by atomic mass is 32.1. The number of rotatable bonds is 3. The molecule has 0 bridgehead atoms. The summed E-state index contributed by atoms with van der Waals surface area (Å²) in [6, 6.07) is 0.405. The minimum atomic E-state index is 0.0717. The molecule has 5 heteroatoms. The average molecular weight is 228 g/mol. The number of aliphatic hydroxyl groups is 1. The van der Waals surface area contributed by atoms with Gasteiger partial charge in [-0.1, -0.05) is 11.3 Å². The average Bonchev–Trinajstić information content (AvgIpc) is 2.84. The van der Waals surface area contributed by atoms with E-state index in [1.807, 2.05) is 7.05 Å². The molecule has 2 atom stereocenters. The Hall–Kier alpha value is -0.650. The number of aliphatic hydroxyl groups excluding tert-OH is 1. The van der Waals surface area contributed by atoms with Crippen molar-refractivity contribution in [3.05, 3.63) is 11.1 Å². The lowest BCUT2D eigenvalue weighted by Crippen LogP contribution is -2.36. The Morgan fingerprint density at radius 1 is 1.73 bits per heavy atom. The van der Waals surface area contributed by atoms with Crippen LogP contribution in [0, 0.1) is 0 Å². The molecular weight excluding hydrogens is 212 g/mol. The number of nitrogens with zero attached hydrogens (tertiary/aromatic N) is 2. The number of ether oxygens (including phenoxy) is 1. The van der Waals surface area contributed by atoms with E-state index in [1.54, 1.807) is 6.20 Å². The highest BCUT2D eigenvalue weighted by Crippen LogP contribution is 2.27. The lowest BCUT2D eigenvalue weighted by atomic mass is 10.1. The molecule has 1 aliphatic rings. The summed E-state index contributed by atoms with van der Waals surface area (Å²) in [5.41, 5.74) is 0. The third kappa shape index (κ3) is 2.14. The lowest BCUT2D eigenvalue weighted by Gasteiger charge is -2.25. The Bertz CT molecular complexity index is 329. The van der Waals surface area contributed by atoms with Crippen LogP contribution in [0.5, 0.6) is 0 Å². The predicted octanol–water partition coefficient (Wildman–Crippen LogP) is 1.25. The van der Waals surface area contributed by atoms with E-state index in [9.17, 15) is 0 Å². The summed E-state index contributed by atoms with van der Waals surface area (Å²) in [7, 11) is 2.04. The SMILES string of the molecule is CC1OCCC1N(C)c1ncc(CO)s1. The second-order valence-electron chi connectivity index (χ2n) is 3.81. The van der Waals surface area contributed by atoms with Crippen LogP contribution in [0.25, 0.3) is 0 Å². The van der Waals surface area contributed by atoms with Crippen molar-refractivity contribution < 1.29 is 9.84 Å². The van der Waals surface area contributed by atoms with Crippen LogP contribution >= 0.6 is 11.3 Å². The summed E-state index contributed by atoms with van der Waals surface area (Å²) < 4.78 is 5.53. The quantitative estimate of drug-likeness (QED) is 0.845. The van der Waals surface area contributed by atoms with Crippen molar-refractivity contribution in [2.24, 2.45) is 0 Å². The molecule has 0 aliphatic carbocycles. The maximum atomic E-state index is 8.98. The molecule has 0 aromatic carbocycles. The highest BCUT2D eigenvalue weighted by molar-refractivity contribution is 7.15. The Kier molecular flexibility index (Phi) is 3.23. The molecule has 15 heavy (non-hydrogen) atoms. The molecule has 1 N–H and O–H groups in total. The Morgan fingerprint density at radius 3 is 3.07 bits per heavy atom. The first-order valence-electron chi connectivity index (χ1n) is 5.12. The molecule has 1 saturated heterocycles. The molecular formula is C10H16N2O2S.